The largest absolute Gasteiger partial charge is 0.314 e. The zero-order valence-corrected chi connectivity index (χ0v) is 11.3. The number of aromatic nitrogens is 2. The maximum absolute atomic E-state index is 4.20. The Bertz CT molecular complexity index is 335. The highest BCUT2D eigenvalue weighted by Crippen LogP contribution is 2.28. The molecule has 0 spiro atoms. The van der Waals surface area contributed by atoms with E-state index < -0.39 is 0 Å². The summed E-state index contributed by atoms with van der Waals surface area (Å²) in [6.07, 6.45) is 7.04. The Balaban J connectivity index is 1.73. The van der Waals surface area contributed by atoms with Crippen molar-refractivity contribution in [2.24, 2.45) is 18.9 Å². The molecule has 0 bridgehead atoms. The van der Waals surface area contributed by atoms with Gasteiger partial charge in [0.1, 0.15) is 0 Å². The summed E-state index contributed by atoms with van der Waals surface area (Å²) < 4.78 is 1.97. The van der Waals surface area contributed by atoms with Gasteiger partial charge in [0.2, 0.25) is 0 Å². The quantitative estimate of drug-likeness (QED) is 0.868. The number of rotatable bonds is 4. The average Bonchev–Trinajstić information content (AvgIpc) is 2.63. The molecule has 0 amide bonds. The molecule has 1 heterocycles. The summed E-state index contributed by atoms with van der Waals surface area (Å²) in [5, 5.41) is 7.90. The van der Waals surface area contributed by atoms with Gasteiger partial charge in [-0.25, -0.2) is 0 Å². The van der Waals surface area contributed by atoms with Crippen molar-refractivity contribution in [1.82, 2.24) is 15.1 Å². The van der Waals surface area contributed by atoms with E-state index in [1.807, 2.05) is 17.9 Å². The normalized spacial score (nSPS) is 29.5. The van der Waals surface area contributed by atoms with E-state index in [4.69, 9.17) is 0 Å². The number of hydrogen-bond acceptors (Lipinski definition) is 2. The maximum atomic E-state index is 4.20. The number of hydrogen-bond donors (Lipinski definition) is 1. The topological polar surface area (TPSA) is 29.9 Å². The molecule has 0 aliphatic heterocycles. The van der Waals surface area contributed by atoms with Gasteiger partial charge >= 0.3 is 0 Å². The molecule has 2 atom stereocenters. The summed E-state index contributed by atoms with van der Waals surface area (Å²) in [4.78, 5) is 0. The molecule has 1 aromatic rings. The van der Waals surface area contributed by atoms with E-state index >= 15 is 0 Å². The predicted octanol–water partition coefficient (Wildman–Crippen LogP) is 2.38. The van der Waals surface area contributed by atoms with E-state index in [1.165, 1.54) is 25.0 Å². The van der Waals surface area contributed by atoms with Gasteiger partial charge in [-0.2, -0.15) is 5.10 Å². The first-order valence-corrected chi connectivity index (χ1v) is 6.85. The lowest BCUT2D eigenvalue weighted by Crippen LogP contribution is -2.37. The van der Waals surface area contributed by atoms with Crippen LogP contribution in [0.2, 0.25) is 0 Å². The van der Waals surface area contributed by atoms with Crippen LogP contribution in [0.4, 0.5) is 0 Å². The summed E-state index contributed by atoms with van der Waals surface area (Å²) in [6.45, 7) is 5.83. The van der Waals surface area contributed by atoms with Crippen molar-refractivity contribution in [1.29, 1.82) is 0 Å². The van der Waals surface area contributed by atoms with Crippen molar-refractivity contribution < 1.29 is 0 Å². The second-order valence-electron chi connectivity index (χ2n) is 5.76. The van der Waals surface area contributed by atoms with E-state index in [2.05, 4.69) is 30.3 Å². The molecule has 96 valence electrons. The molecule has 1 fully saturated rings. The fourth-order valence-electron chi connectivity index (χ4n) is 3.16. The third kappa shape index (κ3) is 3.56. The van der Waals surface area contributed by atoms with E-state index in [9.17, 15) is 0 Å². The fourth-order valence-corrected chi connectivity index (χ4v) is 3.16. The monoisotopic (exact) mass is 235 g/mol. The highest BCUT2D eigenvalue weighted by Gasteiger charge is 2.23. The van der Waals surface area contributed by atoms with Gasteiger partial charge < -0.3 is 5.32 Å². The SMILES string of the molecule is CC1CC(C)CC(NCCc2ccnn2C)C1. The summed E-state index contributed by atoms with van der Waals surface area (Å²) in [5.41, 5.74) is 1.31. The van der Waals surface area contributed by atoms with E-state index in [0.717, 1.165) is 30.8 Å². The first kappa shape index (κ1) is 12.6. The van der Waals surface area contributed by atoms with Crippen LogP contribution in [-0.2, 0) is 13.5 Å². The van der Waals surface area contributed by atoms with Crippen molar-refractivity contribution in [2.75, 3.05) is 6.54 Å². The molecule has 3 heteroatoms. The van der Waals surface area contributed by atoms with E-state index in [1.54, 1.807) is 0 Å². The Hall–Kier alpha value is -0.830. The molecule has 0 saturated heterocycles. The standard InChI is InChI=1S/C14H25N3/c1-11-8-12(2)10-13(9-11)15-6-4-14-5-7-16-17(14)3/h5,7,11-13,15H,4,6,8-10H2,1-3H3. The minimum Gasteiger partial charge on any atom is -0.314 e. The highest BCUT2D eigenvalue weighted by molar-refractivity contribution is 5.00. The van der Waals surface area contributed by atoms with Crippen LogP contribution in [0.3, 0.4) is 0 Å². The molecule has 3 nitrogen and oxygen atoms in total. The number of aryl methyl sites for hydroxylation is 1. The van der Waals surface area contributed by atoms with Gasteiger partial charge in [-0.15, -0.1) is 0 Å². The molecule has 0 radical (unpaired) electrons. The van der Waals surface area contributed by atoms with Crippen LogP contribution >= 0.6 is 0 Å². The molecular weight excluding hydrogens is 210 g/mol. The first-order chi connectivity index (χ1) is 8.15. The van der Waals surface area contributed by atoms with Gasteiger partial charge in [0.05, 0.1) is 0 Å². The molecule has 1 saturated carbocycles. The minimum atomic E-state index is 0.724. The minimum absolute atomic E-state index is 0.724. The smallest absolute Gasteiger partial charge is 0.0492 e. The van der Waals surface area contributed by atoms with Gasteiger partial charge in [0, 0.05) is 37.9 Å². The fraction of sp³-hybridized carbons (Fsp3) is 0.786. The van der Waals surface area contributed by atoms with Crippen LogP contribution in [-0.4, -0.2) is 22.4 Å². The molecule has 1 aromatic heterocycles. The predicted molar refractivity (Wildman–Crippen MR) is 70.9 cm³/mol. The van der Waals surface area contributed by atoms with Crippen molar-refractivity contribution >= 4 is 0 Å². The third-order valence-electron chi connectivity index (χ3n) is 3.92. The Labute approximate surface area is 105 Å². The molecule has 2 unspecified atom stereocenters. The lowest BCUT2D eigenvalue weighted by Gasteiger charge is -2.32. The van der Waals surface area contributed by atoms with Gasteiger partial charge in [-0.3, -0.25) is 4.68 Å². The molecule has 17 heavy (non-hydrogen) atoms. The Morgan fingerprint density at radius 1 is 1.29 bits per heavy atom. The van der Waals surface area contributed by atoms with Crippen LogP contribution < -0.4 is 5.32 Å². The van der Waals surface area contributed by atoms with Gasteiger partial charge in [-0.05, 0) is 37.2 Å². The number of nitrogens with zero attached hydrogens (tertiary/aromatic N) is 2. The lowest BCUT2D eigenvalue weighted by molar-refractivity contribution is 0.240. The Morgan fingerprint density at radius 3 is 2.59 bits per heavy atom. The zero-order valence-electron chi connectivity index (χ0n) is 11.3. The zero-order chi connectivity index (χ0) is 12.3. The average molecular weight is 235 g/mol. The molecular formula is C14H25N3. The number of nitrogens with one attached hydrogen (secondary N) is 1. The van der Waals surface area contributed by atoms with Crippen LogP contribution in [0.15, 0.2) is 12.3 Å². The van der Waals surface area contributed by atoms with Crippen molar-refractivity contribution in [3.05, 3.63) is 18.0 Å². The van der Waals surface area contributed by atoms with Crippen molar-refractivity contribution in [3.8, 4) is 0 Å². The van der Waals surface area contributed by atoms with E-state index in [0.29, 0.717) is 0 Å². The first-order valence-electron chi connectivity index (χ1n) is 6.85. The highest BCUT2D eigenvalue weighted by atomic mass is 15.3. The second-order valence-corrected chi connectivity index (χ2v) is 5.76. The molecule has 0 aromatic carbocycles. The van der Waals surface area contributed by atoms with Crippen LogP contribution in [0.5, 0.6) is 0 Å². The maximum Gasteiger partial charge on any atom is 0.0492 e. The molecule has 1 aliphatic rings. The van der Waals surface area contributed by atoms with Gasteiger partial charge in [0.15, 0.2) is 0 Å². The molecule has 1 N–H and O–H groups in total. The summed E-state index contributed by atoms with van der Waals surface area (Å²) in [5.74, 6) is 1.76. The molecule has 1 aliphatic carbocycles. The molecule has 2 rings (SSSR count). The second kappa shape index (κ2) is 5.67. The van der Waals surface area contributed by atoms with Crippen molar-refractivity contribution in [3.63, 3.8) is 0 Å². The Kier molecular flexibility index (Phi) is 4.21. The van der Waals surface area contributed by atoms with Crippen LogP contribution in [0, 0.1) is 11.8 Å². The van der Waals surface area contributed by atoms with Crippen LogP contribution in [0.25, 0.3) is 0 Å². The lowest BCUT2D eigenvalue weighted by atomic mass is 9.80. The summed E-state index contributed by atoms with van der Waals surface area (Å²) >= 11 is 0. The van der Waals surface area contributed by atoms with Gasteiger partial charge in [0.25, 0.3) is 0 Å². The summed E-state index contributed by atoms with van der Waals surface area (Å²) in [7, 11) is 2.01. The third-order valence-corrected chi connectivity index (χ3v) is 3.92. The summed E-state index contributed by atoms with van der Waals surface area (Å²) in [6, 6.07) is 2.83. The van der Waals surface area contributed by atoms with Crippen molar-refractivity contribution in [2.45, 2.75) is 45.6 Å². The van der Waals surface area contributed by atoms with Gasteiger partial charge in [-0.1, -0.05) is 13.8 Å². The Morgan fingerprint density at radius 2 is 2.00 bits per heavy atom. The van der Waals surface area contributed by atoms with E-state index in [-0.39, 0.29) is 0 Å². The van der Waals surface area contributed by atoms with Crippen LogP contribution in [0.1, 0.15) is 38.8 Å².